The molecule has 0 bridgehead atoms. The summed E-state index contributed by atoms with van der Waals surface area (Å²) in [6.45, 7) is 5.49. The van der Waals surface area contributed by atoms with Crippen molar-refractivity contribution in [1.82, 2.24) is 0 Å². The van der Waals surface area contributed by atoms with E-state index in [9.17, 15) is 36.4 Å². The minimum Gasteiger partial charge on any atom is -0.387 e. The van der Waals surface area contributed by atoms with Crippen LogP contribution in [0.4, 0.5) is 0 Å². The molecule has 0 amide bonds. The van der Waals surface area contributed by atoms with E-state index in [4.69, 9.17) is 18.2 Å². The summed E-state index contributed by atoms with van der Waals surface area (Å²) in [5.41, 5.74) is 0.263. The molecular weight excluding hydrogens is 572 g/mol. The van der Waals surface area contributed by atoms with Gasteiger partial charge in [0, 0.05) is 11.8 Å². The van der Waals surface area contributed by atoms with Crippen LogP contribution in [0.1, 0.15) is 65.7 Å². The Labute approximate surface area is 234 Å². The number of aliphatic hydroxyl groups excluding tert-OH is 2. The van der Waals surface area contributed by atoms with E-state index in [2.05, 4.69) is 17.2 Å². The Morgan fingerprint density at radius 3 is 2.27 bits per heavy atom. The lowest BCUT2D eigenvalue weighted by Gasteiger charge is -2.58. The first kappa shape index (κ1) is 30.4. The number of fused-ring (bicyclic) bond motifs is 5. The zero-order chi connectivity index (χ0) is 29.4. The summed E-state index contributed by atoms with van der Waals surface area (Å²) in [6, 6.07) is 0. The van der Waals surface area contributed by atoms with Gasteiger partial charge in [-0.2, -0.15) is 16.8 Å². The van der Waals surface area contributed by atoms with E-state index in [1.165, 1.54) is 12.5 Å². The number of hydrogen-bond donors (Lipinski definition) is 4. The Bertz CT molecular complexity index is 1270. The van der Waals surface area contributed by atoms with Gasteiger partial charge in [-0.15, -0.1) is 0 Å². The van der Waals surface area contributed by atoms with Crippen molar-refractivity contribution in [2.45, 2.75) is 109 Å². The summed E-state index contributed by atoms with van der Waals surface area (Å²) in [4.78, 5) is 12.9. The van der Waals surface area contributed by atoms with Crippen molar-refractivity contribution in [3.63, 3.8) is 0 Å². The predicted molar refractivity (Wildman–Crippen MR) is 136 cm³/mol. The van der Waals surface area contributed by atoms with Crippen LogP contribution in [-0.2, 0) is 43.4 Å². The van der Waals surface area contributed by atoms with Crippen LogP contribution in [0.15, 0.2) is 11.6 Å². The standard InChI is InChI=1S/C25H38O13S2/c1-12-22(38-40(32,33)34)20(27)21(28)23(35-12)36-18-11-14-15-4-5-19(26)25(15,3)9-7-16(14)24(2)8-6-13(10-17(18)24)37-39(29,30)31/h7,12-15,17-18,20-23,27-28H,4-6,8-11H2,1-3H3,(H,29,30,31)(H,32,33,34)/t12-,13+,14?,15?,17-,18+,20-,21-,22-,23+,24-,25+/m1/s1. The first-order valence-corrected chi connectivity index (χ1v) is 16.4. The van der Waals surface area contributed by atoms with Crippen LogP contribution < -0.4 is 0 Å². The average molecular weight is 611 g/mol. The van der Waals surface area contributed by atoms with Crippen LogP contribution in [0, 0.1) is 28.6 Å². The molecule has 4 fully saturated rings. The number of Topliss-reactive ketones (excluding diaryl/α,β-unsaturated/α-hetero) is 1. The molecule has 0 aromatic heterocycles. The normalized spacial score (nSPS) is 47.7. The van der Waals surface area contributed by atoms with Gasteiger partial charge < -0.3 is 19.7 Å². The van der Waals surface area contributed by atoms with E-state index in [0.717, 1.165) is 6.42 Å². The molecule has 15 heteroatoms. The van der Waals surface area contributed by atoms with E-state index in [1.807, 2.05) is 6.92 Å². The van der Waals surface area contributed by atoms with Gasteiger partial charge in [-0.25, -0.2) is 8.37 Å². The van der Waals surface area contributed by atoms with Crippen LogP contribution in [0.25, 0.3) is 0 Å². The Morgan fingerprint density at radius 2 is 1.62 bits per heavy atom. The van der Waals surface area contributed by atoms with E-state index >= 15 is 0 Å². The molecule has 0 aromatic carbocycles. The first-order valence-electron chi connectivity index (χ1n) is 13.7. The number of carbonyl (C=O) groups is 1. The maximum Gasteiger partial charge on any atom is 0.397 e. The molecule has 12 atom stereocenters. The van der Waals surface area contributed by atoms with Crippen LogP contribution in [-0.4, -0.2) is 84.9 Å². The molecule has 5 aliphatic rings. The van der Waals surface area contributed by atoms with Crippen molar-refractivity contribution in [1.29, 1.82) is 0 Å². The maximum absolute atomic E-state index is 12.9. The van der Waals surface area contributed by atoms with Crippen molar-refractivity contribution >= 4 is 26.6 Å². The fraction of sp³-hybridized carbons (Fsp3) is 0.880. The molecule has 5 rings (SSSR count). The second kappa shape index (κ2) is 10.3. The quantitative estimate of drug-likeness (QED) is 0.248. The third-order valence-electron chi connectivity index (χ3n) is 10.3. The number of allylic oxidation sites excluding steroid dienone is 2. The zero-order valence-electron chi connectivity index (χ0n) is 22.6. The summed E-state index contributed by atoms with van der Waals surface area (Å²) in [5, 5.41) is 21.5. The molecule has 0 spiro atoms. The van der Waals surface area contributed by atoms with Gasteiger partial charge in [0.2, 0.25) is 0 Å². The van der Waals surface area contributed by atoms with Crippen molar-refractivity contribution in [3.05, 3.63) is 11.6 Å². The Kier molecular flexibility index (Phi) is 7.85. The summed E-state index contributed by atoms with van der Waals surface area (Å²) < 4.78 is 85.5. The largest absolute Gasteiger partial charge is 0.397 e. The van der Waals surface area contributed by atoms with E-state index in [-0.39, 0.29) is 30.0 Å². The lowest BCUT2D eigenvalue weighted by Crippen LogP contribution is -2.61. The minimum absolute atomic E-state index is 0.00538. The molecule has 3 saturated carbocycles. The highest BCUT2D eigenvalue weighted by atomic mass is 32.3. The summed E-state index contributed by atoms with van der Waals surface area (Å²) in [7, 11) is -9.64. The second-order valence-corrected chi connectivity index (χ2v) is 14.6. The molecular formula is C25H38O13S2. The SMILES string of the molecule is C[C@H]1O[C@@H](O[C@H]2CC3C(=CC[C@]4(C)C(=O)CCC34)[C@@]3(C)CC[C@H](OS(=O)(=O)O)C[C@H]23)[C@H](O)[C@@H](O)[C@@H]1OS(=O)(=O)O. The smallest absolute Gasteiger partial charge is 0.387 e. The van der Waals surface area contributed by atoms with Gasteiger partial charge in [0.15, 0.2) is 6.29 Å². The first-order chi connectivity index (χ1) is 18.4. The second-order valence-electron chi connectivity index (χ2n) is 12.5. The molecule has 0 aromatic rings. The lowest BCUT2D eigenvalue weighted by molar-refractivity contribution is -0.312. The fourth-order valence-corrected chi connectivity index (χ4v) is 9.33. The molecule has 2 unspecified atom stereocenters. The summed E-state index contributed by atoms with van der Waals surface area (Å²) >= 11 is 0. The summed E-state index contributed by atoms with van der Waals surface area (Å²) in [5.74, 6) is -0.0122. The fourth-order valence-electron chi connectivity index (χ4n) is 8.26. The lowest BCUT2D eigenvalue weighted by atomic mass is 9.48. The van der Waals surface area contributed by atoms with E-state index in [1.54, 1.807) is 0 Å². The van der Waals surface area contributed by atoms with E-state index in [0.29, 0.717) is 32.1 Å². The van der Waals surface area contributed by atoms with Crippen molar-refractivity contribution < 1.29 is 58.8 Å². The molecule has 1 aliphatic heterocycles. The van der Waals surface area contributed by atoms with Crippen LogP contribution >= 0.6 is 0 Å². The molecule has 1 saturated heterocycles. The third-order valence-corrected chi connectivity index (χ3v) is 11.2. The number of ether oxygens (including phenoxy) is 2. The minimum atomic E-state index is -4.94. The number of aliphatic hydroxyl groups is 2. The van der Waals surface area contributed by atoms with Gasteiger partial charge in [0.1, 0.15) is 24.1 Å². The molecule has 13 nitrogen and oxygen atoms in total. The monoisotopic (exact) mass is 610 g/mol. The van der Waals surface area contributed by atoms with Crippen molar-refractivity contribution in [2.24, 2.45) is 28.6 Å². The summed E-state index contributed by atoms with van der Waals surface area (Å²) in [6.07, 6.45) is -3.39. The van der Waals surface area contributed by atoms with Gasteiger partial charge in [-0.1, -0.05) is 25.5 Å². The van der Waals surface area contributed by atoms with E-state index < -0.39 is 74.5 Å². The topological polar surface area (TPSA) is 203 Å². The Hall–Kier alpha value is -1.01. The van der Waals surface area contributed by atoms with Gasteiger partial charge >= 0.3 is 20.8 Å². The van der Waals surface area contributed by atoms with Crippen molar-refractivity contribution in [2.75, 3.05) is 0 Å². The molecule has 0 radical (unpaired) electrons. The van der Waals surface area contributed by atoms with Gasteiger partial charge in [0.25, 0.3) is 0 Å². The van der Waals surface area contributed by atoms with Gasteiger partial charge in [0.05, 0.1) is 18.3 Å². The van der Waals surface area contributed by atoms with Crippen LogP contribution in [0.3, 0.4) is 0 Å². The van der Waals surface area contributed by atoms with Gasteiger partial charge in [-0.05, 0) is 68.6 Å². The number of ketones is 1. The Morgan fingerprint density at radius 1 is 0.950 bits per heavy atom. The van der Waals surface area contributed by atoms with Gasteiger partial charge in [-0.3, -0.25) is 13.9 Å². The zero-order valence-corrected chi connectivity index (χ0v) is 24.2. The predicted octanol–water partition coefficient (Wildman–Crippen LogP) is 1.36. The number of hydrogen-bond acceptors (Lipinski definition) is 11. The molecule has 228 valence electrons. The number of rotatable bonds is 6. The average Bonchev–Trinajstić information content (AvgIpc) is 3.14. The van der Waals surface area contributed by atoms with Crippen molar-refractivity contribution in [3.8, 4) is 0 Å². The highest BCUT2D eigenvalue weighted by Gasteiger charge is 2.60. The molecule has 1 heterocycles. The van der Waals surface area contributed by atoms with Crippen LogP contribution in [0.5, 0.6) is 0 Å². The Balaban J connectivity index is 1.45. The third kappa shape index (κ3) is 5.42. The van der Waals surface area contributed by atoms with Crippen LogP contribution in [0.2, 0.25) is 0 Å². The molecule has 4 aliphatic carbocycles. The highest BCUT2D eigenvalue weighted by molar-refractivity contribution is 7.81. The number of carbonyl (C=O) groups excluding carboxylic acids is 1. The molecule has 40 heavy (non-hydrogen) atoms. The molecule has 4 N–H and O–H groups in total. The maximum atomic E-state index is 12.9. The highest BCUT2D eigenvalue weighted by Crippen LogP contribution is 2.64.